The topological polar surface area (TPSA) is 24.1 Å². The fourth-order valence-corrected chi connectivity index (χ4v) is 8.65. The van der Waals surface area contributed by atoms with Gasteiger partial charge in [0.05, 0.1) is 0 Å². The maximum atomic E-state index is 3.88. The Morgan fingerprint density at radius 3 is 1.97 bits per heavy atom. The van der Waals surface area contributed by atoms with Gasteiger partial charge >= 0.3 is 13.7 Å². The van der Waals surface area contributed by atoms with Crippen LogP contribution in [0.1, 0.15) is 17.7 Å². The molecule has 2 nitrogen and oxygen atoms in total. The molecule has 0 saturated carbocycles. The average molecular weight is 522 g/mol. The minimum absolute atomic E-state index is 0.150. The summed E-state index contributed by atoms with van der Waals surface area (Å²) >= 11 is 3.91. The Balaban J connectivity index is 1.29. The highest BCUT2D eigenvalue weighted by molar-refractivity contribution is 7.26. The molecule has 8 rings (SSSR count). The molecule has 180 valence electrons. The van der Waals surface area contributed by atoms with Gasteiger partial charge in [0.15, 0.2) is 0 Å². The summed E-state index contributed by atoms with van der Waals surface area (Å²) < 4.78 is 0. The zero-order chi connectivity index (χ0) is 25.1. The molecule has 3 aromatic carbocycles. The molecule has 0 spiro atoms. The van der Waals surface area contributed by atoms with Crippen molar-refractivity contribution in [2.45, 2.75) is 12.8 Å². The molecule has 38 heavy (non-hydrogen) atoms. The van der Waals surface area contributed by atoms with Gasteiger partial charge in [-0.2, -0.15) is 0 Å². The molecule has 0 fully saturated rings. The van der Waals surface area contributed by atoms with E-state index in [1.165, 1.54) is 63.9 Å². The van der Waals surface area contributed by atoms with Crippen LogP contribution in [0, 0.1) is 0 Å². The van der Waals surface area contributed by atoms with Gasteiger partial charge < -0.3 is 10.5 Å². The number of thiophene rings is 2. The largest absolute Gasteiger partial charge is 0.420 e. The van der Waals surface area contributed by atoms with E-state index in [0.29, 0.717) is 0 Å². The normalized spacial score (nSPS) is 15.3. The van der Waals surface area contributed by atoms with Crippen molar-refractivity contribution < 1.29 is 0 Å². The molecule has 0 bridgehead atoms. The summed E-state index contributed by atoms with van der Waals surface area (Å²) in [6.07, 6.45) is 6.79. The van der Waals surface area contributed by atoms with E-state index in [0.717, 1.165) is 12.8 Å². The number of anilines is 1. The Morgan fingerprint density at radius 2 is 1.24 bits per heavy atom. The Hall–Kier alpha value is -3.73. The van der Waals surface area contributed by atoms with Crippen LogP contribution < -0.4 is 32.3 Å². The van der Waals surface area contributed by atoms with Crippen molar-refractivity contribution >= 4 is 69.5 Å². The van der Waals surface area contributed by atoms with Crippen LogP contribution in [0.3, 0.4) is 0 Å². The van der Waals surface area contributed by atoms with Crippen LogP contribution in [-0.2, 0) is 0 Å². The van der Waals surface area contributed by atoms with Gasteiger partial charge in [0.1, 0.15) is 0 Å². The molecule has 0 saturated heterocycles. The van der Waals surface area contributed by atoms with E-state index >= 15 is 0 Å². The van der Waals surface area contributed by atoms with Crippen LogP contribution in [0.4, 0.5) is 5.69 Å². The van der Waals surface area contributed by atoms with E-state index in [-0.39, 0.29) is 13.7 Å². The Bertz CT molecular complexity index is 1730. The number of allylic oxidation sites excluding steroid dienone is 3. The third-order valence-electron chi connectivity index (χ3n) is 7.87. The summed E-state index contributed by atoms with van der Waals surface area (Å²) in [7, 11) is 0. The van der Waals surface area contributed by atoms with Crippen LogP contribution in [0.25, 0.3) is 25.8 Å². The lowest BCUT2D eigenvalue weighted by Crippen LogP contribution is -2.56. The van der Waals surface area contributed by atoms with Crippen molar-refractivity contribution in [3.05, 3.63) is 120 Å². The number of hydrogen-bond acceptors (Lipinski definition) is 4. The van der Waals surface area contributed by atoms with Crippen LogP contribution in [0.15, 0.2) is 115 Å². The molecule has 5 aromatic rings. The standard InChI is InChI=1S/C32H24B2N2S2/c1-3-11-21(12-4-1)33-25-19-29(37-31(25)23-15-7-9-17-27(23)35-33)30-20-26-32(38-30)24-16-8-10-18-28(24)36-34(26)22-13-5-2-6-14-22/h1-7,9-15,17-20,35-36H,8,16H2. The predicted molar refractivity (Wildman–Crippen MR) is 168 cm³/mol. The summed E-state index contributed by atoms with van der Waals surface area (Å²) in [5.74, 6) is 0. The third kappa shape index (κ3) is 3.55. The van der Waals surface area contributed by atoms with E-state index in [1.54, 1.807) is 0 Å². The first kappa shape index (κ1) is 22.3. The van der Waals surface area contributed by atoms with Gasteiger partial charge in [-0.15, -0.1) is 22.7 Å². The number of nitrogens with one attached hydrogen (secondary N) is 2. The molecular formula is C32H24B2N2S2. The lowest BCUT2D eigenvalue weighted by Gasteiger charge is -2.28. The van der Waals surface area contributed by atoms with Gasteiger partial charge in [-0.1, -0.05) is 95.9 Å². The molecule has 3 aliphatic rings. The van der Waals surface area contributed by atoms with Crippen molar-refractivity contribution in [2.24, 2.45) is 0 Å². The molecule has 4 heterocycles. The predicted octanol–water partition coefficient (Wildman–Crippen LogP) is 5.44. The zero-order valence-corrected chi connectivity index (χ0v) is 22.4. The van der Waals surface area contributed by atoms with E-state index in [2.05, 4.69) is 120 Å². The Morgan fingerprint density at radius 1 is 0.632 bits per heavy atom. The molecule has 6 heteroatoms. The van der Waals surface area contributed by atoms with Crippen LogP contribution >= 0.6 is 22.7 Å². The Kier molecular flexibility index (Phi) is 5.24. The highest BCUT2D eigenvalue weighted by Gasteiger charge is 2.35. The van der Waals surface area contributed by atoms with E-state index < -0.39 is 0 Å². The number of rotatable bonds is 3. The minimum atomic E-state index is 0.150. The van der Waals surface area contributed by atoms with Crippen LogP contribution in [0.5, 0.6) is 0 Å². The van der Waals surface area contributed by atoms with Crippen molar-refractivity contribution in [2.75, 3.05) is 5.23 Å². The van der Waals surface area contributed by atoms with Gasteiger partial charge in [-0.05, 0) is 53.6 Å². The van der Waals surface area contributed by atoms with E-state index in [4.69, 9.17) is 0 Å². The molecule has 2 N–H and O–H groups in total. The smallest absolute Gasteiger partial charge is 0.322 e. The summed E-state index contributed by atoms with van der Waals surface area (Å²) in [4.78, 5) is 5.56. The van der Waals surface area contributed by atoms with E-state index in [9.17, 15) is 0 Å². The Labute approximate surface area is 232 Å². The van der Waals surface area contributed by atoms with Gasteiger partial charge in [0, 0.05) is 36.5 Å². The summed E-state index contributed by atoms with van der Waals surface area (Å²) in [5.41, 5.74) is 10.7. The first-order valence-electron chi connectivity index (χ1n) is 13.2. The second-order valence-corrected chi connectivity index (χ2v) is 12.2. The first-order chi connectivity index (χ1) is 18.8. The highest BCUT2D eigenvalue weighted by Crippen LogP contribution is 2.43. The summed E-state index contributed by atoms with van der Waals surface area (Å²) in [6, 6.07) is 35.4. The van der Waals surface area contributed by atoms with Crippen molar-refractivity contribution in [1.29, 1.82) is 0 Å². The highest BCUT2D eigenvalue weighted by atomic mass is 32.1. The maximum absolute atomic E-state index is 3.88. The SMILES string of the molecule is C1=CC2=C(CC1)c1sc(-c3cc4c(s3)-c3ccccc3NB4c3ccccc3)cc1B(c1ccccc1)N2. The minimum Gasteiger partial charge on any atom is -0.420 e. The number of para-hydroxylation sites is 1. The third-order valence-corrected chi connectivity index (χ3v) is 10.5. The quantitative estimate of drug-likeness (QED) is 0.309. The fourth-order valence-electron chi connectivity index (χ4n) is 6.05. The van der Waals surface area contributed by atoms with Crippen molar-refractivity contribution in [3.8, 4) is 20.2 Å². The second-order valence-electron chi connectivity index (χ2n) is 10.1. The van der Waals surface area contributed by atoms with Gasteiger partial charge in [-0.3, -0.25) is 0 Å². The molecule has 0 radical (unpaired) electrons. The molecular weight excluding hydrogens is 498 g/mol. The fraction of sp³-hybridized carbons (Fsp3) is 0.0625. The molecule has 0 unspecified atom stereocenters. The molecule has 0 atom stereocenters. The molecule has 1 aliphatic carbocycles. The van der Waals surface area contributed by atoms with Crippen LogP contribution in [-0.4, -0.2) is 13.7 Å². The van der Waals surface area contributed by atoms with Gasteiger partial charge in [-0.25, -0.2) is 0 Å². The zero-order valence-electron chi connectivity index (χ0n) is 20.8. The number of hydrogen-bond donors (Lipinski definition) is 2. The van der Waals surface area contributed by atoms with Crippen molar-refractivity contribution in [3.63, 3.8) is 0 Å². The molecule has 2 aromatic heterocycles. The van der Waals surface area contributed by atoms with Crippen LogP contribution in [0.2, 0.25) is 0 Å². The van der Waals surface area contributed by atoms with E-state index in [1.807, 2.05) is 22.7 Å². The van der Waals surface area contributed by atoms with Gasteiger partial charge in [0.25, 0.3) is 0 Å². The summed E-state index contributed by atoms with van der Waals surface area (Å²) in [6.45, 7) is 0.323. The summed E-state index contributed by atoms with van der Waals surface area (Å²) in [5, 5.41) is 7.71. The monoisotopic (exact) mass is 522 g/mol. The van der Waals surface area contributed by atoms with Crippen molar-refractivity contribution in [1.82, 2.24) is 5.23 Å². The molecule has 2 aliphatic heterocycles. The lowest BCUT2D eigenvalue weighted by molar-refractivity contribution is 1.01. The second kappa shape index (κ2) is 8.93. The van der Waals surface area contributed by atoms with Gasteiger partial charge in [0.2, 0.25) is 0 Å². The first-order valence-corrected chi connectivity index (χ1v) is 14.9. The molecule has 0 amide bonds. The average Bonchev–Trinajstić information content (AvgIpc) is 3.63. The lowest BCUT2D eigenvalue weighted by atomic mass is 9.48. The number of fused-ring (bicyclic) bond motifs is 5. The maximum Gasteiger partial charge on any atom is 0.322 e. The number of benzene rings is 3.